The number of hydrogen-bond acceptors (Lipinski definition) is 4. The van der Waals surface area contributed by atoms with Crippen LogP contribution in [0.2, 0.25) is 0 Å². The van der Waals surface area contributed by atoms with Crippen LogP contribution in [0.15, 0.2) is 36.5 Å². The number of fused-ring (bicyclic) bond motifs is 1. The molecule has 0 atom stereocenters. The summed E-state index contributed by atoms with van der Waals surface area (Å²) in [5.74, 6) is -0.136. The molecule has 0 aliphatic carbocycles. The molecule has 0 aliphatic heterocycles. The molecule has 142 valence electrons. The molecule has 0 radical (unpaired) electrons. The summed E-state index contributed by atoms with van der Waals surface area (Å²) in [6.45, 7) is 8.59. The largest absolute Gasteiger partial charge is 0.273 e. The van der Waals surface area contributed by atoms with Crippen LogP contribution in [0.1, 0.15) is 48.7 Å². The van der Waals surface area contributed by atoms with Crippen LogP contribution in [-0.2, 0) is 22.7 Å². The second-order valence-corrected chi connectivity index (χ2v) is 7.02. The van der Waals surface area contributed by atoms with E-state index in [0.29, 0.717) is 19.4 Å². The summed E-state index contributed by atoms with van der Waals surface area (Å²) in [5.41, 5.74) is 7.62. The van der Waals surface area contributed by atoms with Gasteiger partial charge in [-0.3, -0.25) is 9.63 Å². The number of amides is 1. The number of benzene rings is 1. The average Bonchev–Trinajstić information content (AvgIpc) is 3.06. The van der Waals surface area contributed by atoms with Crippen molar-refractivity contribution in [2.45, 2.75) is 53.2 Å². The third-order valence-electron chi connectivity index (χ3n) is 4.70. The minimum atomic E-state index is -0.136. The molecular weight excluding hydrogens is 340 g/mol. The molecule has 0 saturated heterocycles. The van der Waals surface area contributed by atoms with E-state index < -0.39 is 0 Å². The van der Waals surface area contributed by atoms with E-state index in [-0.39, 0.29) is 11.9 Å². The van der Waals surface area contributed by atoms with E-state index in [1.165, 1.54) is 0 Å². The van der Waals surface area contributed by atoms with Crippen LogP contribution in [0.3, 0.4) is 0 Å². The summed E-state index contributed by atoms with van der Waals surface area (Å²) in [5, 5.41) is 5.50. The summed E-state index contributed by atoms with van der Waals surface area (Å²) >= 11 is 0. The van der Waals surface area contributed by atoms with E-state index in [4.69, 9.17) is 9.82 Å². The van der Waals surface area contributed by atoms with Gasteiger partial charge in [0.25, 0.3) is 0 Å². The third kappa shape index (κ3) is 4.34. The minimum absolute atomic E-state index is 0.136. The van der Waals surface area contributed by atoms with Crippen LogP contribution in [0, 0.1) is 13.8 Å². The molecule has 1 aromatic carbocycles. The Hall–Kier alpha value is -2.73. The van der Waals surface area contributed by atoms with Gasteiger partial charge in [0, 0.05) is 23.5 Å². The van der Waals surface area contributed by atoms with Gasteiger partial charge in [-0.1, -0.05) is 30.3 Å². The van der Waals surface area contributed by atoms with Crippen LogP contribution in [0.25, 0.3) is 11.0 Å². The van der Waals surface area contributed by atoms with Crippen molar-refractivity contribution in [1.82, 2.24) is 20.2 Å². The van der Waals surface area contributed by atoms with Gasteiger partial charge in [0.1, 0.15) is 0 Å². The maximum Gasteiger partial charge on any atom is 0.243 e. The Balaban J connectivity index is 1.62. The molecule has 0 bridgehead atoms. The second kappa shape index (κ2) is 8.31. The maximum absolute atomic E-state index is 12.1. The van der Waals surface area contributed by atoms with Crippen LogP contribution in [0.4, 0.5) is 0 Å². The first-order valence-electron chi connectivity index (χ1n) is 9.25. The van der Waals surface area contributed by atoms with Crippen molar-refractivity contribution in [3.63, 3.8) is 0 Å². The highest BCUT2D eigenvalue weighted by Gasteiger charge is 2.15. The predicted molar refractivity (Wildman–Crippen MR) is 105 cm³/mol. The lowest BCUT2D eigenvalue weighted by atomic mass is 10.0. The number of nitrogens with one attached hydrogen (secondary N) is 1. The maximum atomic E-state index is 12.1. The van der Waals surface area contributed by atoms with E-state index in [2.05, 4.69) is 31.3 Å². The number of nitrogens with zero attached hydrogens (tertiary/aromatic N) is 3. The van der Waals surface area contributed by atoms with Crippen molar-refractivity contribution in [3.05, 3.63) is 58.9 Å². The molecule has 6 nitrogen and oxygen atoms in total. The highest BCUT2D eigenvalue weighted by molar-refractivity contribution is 5.81. The number of rotatable bonds is 7. The summed E-state index contributed by atoms with van der Waals surface area (Å²) in [6.07, 6.45) is 2.83. The van der Waals surface area contributed by atoms with Crippen molar-refractivity contribution in [2.75, 3.05) is 0 Å². The molecule has 0 aliphatic rings. The zero-order valence-electron chi connectivity index (χ0n) is 16.3. The monoisotopic (exact) mass is 366 g/mol. The molecule has 1 N–H and O–H groups in total. The summed E-state index contributed by atoms with van der Waals surface area (Å²) in [7, 11) is 0. The van der Waals surface area contributed by atoms with E-state index >= 15 is 0 Å². The Kier molecular flexibility index (Phi) is 5.86. The van der Waals surface area contributed by atoms with Gasteiger partial charge in [0.05, 0.1) is 12.8 Å². The van der Waals surface area contributed by atoms with Crippen LogP contribution in [0.5, 0.6) is 0 Å². The smallest absolute Gasteiger partial charge is 0.243 e. The number of aryl methyl sites for hydroxylation is 2. The van der Waals surface area contributed by atoms with Crippen molar-refractivity contribution in [2.24, 2.45) is 0 Å². The number of carbonyl (C=O) groups is 1. The number of aromatic nitrogens is 3. The molecule has 0 saturated carbocycles. The molecule has 0 fully saturated rings. The standard InChI is InChI=1S/C21H26N4O2/c1-14(2)25-21-19(12-22-25)15(3)18(16(4)23-21)10-11-20(26)24-27-13-17-8-6-5-7-9-17/h5-9,12,14H,10-11,13H2,1-4H3,(H,24,26). The SMILES string of the molecule is Cc1nc2c(cnn2C(C)C)c(C)c1CCC(=O)NOCc1ccccc1. The second-order valence-electron chi connectivity index (χ2n) is 7.02. The Morgan fingerprint density at radius 2 is 1.96 bits per heavy atom. The Morgan fingerprint density at radius 1 is 1.22 bits per heavy atom. The molecule has 3 rings (SSSR count). The molecule has 3 aromatic rings. The molecule has 1 amide bonds. The predicted octanol–water partition coefficient (Wildman–Crippen LogP) is 3.81. The van der Waals surface area contributed by atoms with Crippen LogP contribution in [-0.4, -0.2) is 20.7 Å². The molecule has 2 heterocycles. The molecule has 6 heteroatoms. The van der Waals surface area contributed by atoms with Gasteiger partial charge in [-0.15, -0.1) is 0 Å². The molecule has 27 heavy (non-hydrogen) atoms. The number of pyridine rings is 1. The fourth-order valence-corrected chi connectivity index (χ4v) is 3.20. The van der Waals surface area contributed by atoms with Crippen molar-refractivity contribution < 1.29 is 9.63 Å². The number of carbonyl (C=O) groups excluding carboxylic acids is 1. The van der Waals surface area contributed by atoms with Gasteiger partial charge in [-0.05, 0) is 50.8 Å². The highest BCUT2D eigenvalue weighted by Crippen LogP contribution is 2.25. The van der Waals surface area contributed by atoms with Gasteiger partial charge >= 0.3 is 0 Å². The van der Waals surface area contributed by atoms with Crippen LogP contribution >= 0.6 is 0 Å². The Morgan fingerprint density at radius 3 is 2.67 bits per heavy atom. The summed E-state index contributed by atoms with van der Waals surface area (Å²) in [6, 6.07) is 10.00. The van der Waals surface area contributed by atoms with Gasteiger partial charge in [-0.2, -0.15) is 5.10 Å². The molecular formula is C21H26N4O2. The van der Waals surface area contributed by atoms with Gasteiger partial charge < -0.3 is 0 Å². The Labute approximate surface area is 159 Å². The first-order chi connectivity index (χ1) is 13.0. The zero-order valence-corrected chi connectivity index (χ0v) is 16.3. The third-order valence-corrected chi connectivity index (χ3v) is 4.70. The van der Waals surface area contributed by atoms with E-state index in [0.717, 1.165) is 33.4 Å². The van der Waals surface area contributed by atoms with Gasteiger partial charge in [0.15, 0.2) is 5.65 Å². The van der Waals surface area contributed by atoms with E-state index in [1.54, 1.807) is 0 Å². The highest BCUT2D eigenvalue weighted by atomic mass is 16.6. The summed E-state index contributed by atoms with van der Waals surface area (Å²) in [4.78, 5) is 22.1. The number of hydrogen-bond donors (Lipinski definition) is 1. The van der Waals surface area contributed by atoms with E-state index in [1.807, 2.05) is 48.1 Å². The fourth-order valence-electron chi connectivity index (χ4n) is 3.20. The quantitative estimate of drug-likeness (QED) is 0.646. The Bertz CT molecular complexity index is 932. The fraction of sp³-hybridized carbons (Fsp3) is 0.381. The lowest BCUT2D eigenvalue weighted by molar-refractivity contribution is -0.134. The van der Waals surface area contributed by atoms with Crippen LogP contribution < -0.4 is 5.48 Å². The molecule has 0 unspecified atom stereocenters. The van der Waals surface area contributed by atoms with Gasteiger partial charge in [-0.25, -0.2) is 15.1 Å². The van der Waals surface area contributed by atoms with Crippen molar-refractivity contribution in [1.29, 1.82) is 0 Å². The zero-order chi connectivity index (χ0) is 19.4. The molecule has 0 spiro atoms. The number of hydroxylamine groups is 1. The lowest BCUT2D eigenvalue weighted by Gasteiger charge is -2.12. The van der Waals surface area contributed by atoms with Crippen molar-refractivity contribution in [3.8, 4) is 0 Å². The summed E-state index contributed by atoms with van der Waals surface area (Å²) < 4.78 is 1.93. The van der Waals surface area contributed by atoms with Crippen molar-refractivity contribution >= 4 is 16.9 Å². The first-order valence-corrected chi connectivity index (χ1v) is 9.25. The topological polar surface area (TPSA) is 69.0 Å². The van der Waals surface area contributed by atoms with Gasteiger partial charge in [0.2, 0.25) is 5.91 Å². The lowest BCUT2D eigenvalue weighted by Crippen LogP contribution is -2.24. The normalized spacial score (nSPS) is 11.3. The first kappa shape index (κ1) is 19.0. The minimum Gasteiger partial charge on any atom is -0.273 e. The molecule has 2 aromatic heterocycles. The average molecular weight is 366 g/mol. The van der Waals surface area contributed by atoms with E-state index in [9.17, 15) is 4.79 Å².